The maximum Gasteiger partial charge on any atom is 0.158 e. The van der Waals surface area contributed by atoms with Gasteiger partial charge >= 0.3 is 0 Å². The standard InChI is InChI=1S/C13H25NO2/c1-3-12-6-5-11(2)14(12)8-7-13-15-9-4-10-16-13/h11-13H,3-10H2,1-2H3. The Morgan fingerprint density at radius 3 is 2.62 bits per heavy atom. The number of nitrogens with zero attached hydrogens (tertiary/aromatic N) is 1. The van der Waals surface area contributed by atoms with Crippen LogP contribution < -0.4 is 0 Å². The predicted octanol–water partition coefficient (Wildman–Crippen LogP) is 2.40. The van der Waals surface area contributed by atoms with Gasteiger partial charge in [0.1, 0.15) is 0 Å². The van der Waals surface area contributed by atoms with Crippen LogP contribution in [0.1, 0.15) is 46.0 Å². The lowest BCUT2D eigenvalue weighted by Gasteiger charge is -2.30. The van der Waals surface area contributed by atoms with E-state index in [2.05, 4.69) is 18.7 Å². The smallest absolute Gasteiger partial charge is 0.158 e. The fourth-order valence-electron chi connectivity index (χ4n) is 2.92. The van der Waals surface area contributed by atoms with E-state index in [4.69, 9.17) is 9.47 Å². The average Bonchev–Trinajstić information content (AvgIpc) is 2.69. The van der Waals surface area contributed by atoms with E-state index in [0.717, 1.165) is 44.7 Å². The zero-order valence-corrected chi connectivity index (χ0v) is 10.7. The van der Waals surface area contributed by atoms with Gasteiger partial charge in [0.05, 0.1) is 13.2 Å². The van der Waals surface area contributed by atoms with Crippen LogP contribution in [0.2, 0.25) is 0 Å². The molecule has 94 valence electrons. The second-order valence-electron chi connectivity index (χ2n) is 5.04. The summed E-state index contributed by atoms with van der Waals surface area (Å²) < 4.78 is 11.2. The lowest BCUT2D eigenvalue weighted by molar-refractivity contribution is -0.183. The molecule has 2 atom stereocenters. The fraction of sp³-hybridized carbons (Fsp3) is 1.00. The number of likely N-dealkylation sites (tertiary alicyclic amines) is 1. The van der Waals surface area contributed by atoms with Crippen molar-refractivity contribution in [3.8, 4) is 0 Å². The average molecular weight is 227 g/mol. The van der Waals surface area contributed by atoms with E-state index < -0.39 is 0 Å². The summed E-state index contributed by atoms with van der Waals surface area (Å²) in [6, 6.07) is 1.53. The van der Waals surface area contributed by atoms with Crippen LogP contribution >= 0.6 is 0 Å². The molecule has 0 saturated carbocycles. The highest BCUT2D eigenvalue weighted by Crippen LogP contribution is 2.26. The van der Waals surface area contributed by atoms with Crippen LogP contribution in [0.4, 0.5) is 0 Å². The van der Waals surface area contributed by atoms with Crippen molar-refractivity contribution in [2.24, 2.45) is 0 Å². The first-order chi connectivity index (χ1) is 7.81. The van der Waals surface area contributed by atoms with Crippen molar-refractivity contribution in [1.29, 1.82) is 0 Å². The van der Waals surface area contributed by atoms with Crippen molar-refractivity contribution < 1.29 is 9.47 Å². The molecule has 2 saturated heterocycles. The van der Waals surface area contributed by atoms with Crippen LogP contribution in [0.3, 0.4) is 0 Å². The highest BCUT2D eigenvalue weighted by atomic mass is 16.7. The van der Waals surface area contributed by atoms with Gasteiger partial charge in [-0.1, -0.05) is 6.92 Å². The van der Waals surface area contributed by atoms with Gasteiger partial charge in [0.2, 0.25) is 0 Å². The molecule has 3 heteroatoms. The zero-order valence-electron chi connectivity index (χ0n) is 10.7. The second kappa shape index (κ2) is 5.99. The first-order valence-corrected chi connectivity index (χ1v) is 6.80. The molecule has 0 spiro atoms. The van der Waals surface area contributed by atoms with Crippen molar-refractivity contribution in [3.05, 3.63) is 0 Å². The maximum atomic E-state index is 5.59. The predicted molar refractivity (Wildman–Crippen MR) is 64.4 cm³/mol. The van der Waals surface area contributed by atoms with Crippen molar-refractivity contribution in [2.45, 2.75) is 64.3 Å². The Balaban J connectivity index is 1.74. The number of rotatable bonds is 4. The second-order valence-corrected chi connectivity index (χ2v) is 5.04. The monoisotopic (exact) mass is 227 g/mol. The van der Waals surface area contributed by atoms with Crippen LogP contribution in [0.5, 0.6) is 0 Å². The van der Waals surface area contributed by atoms with E-state index >= 15 is 0 Å². The molecule has 0 amide bonds. The molecule has 2 aliphatic heterocycles. The van der Waals surface area contributed by atoms with Gasteiger partial charge in [-0.15, -0.1) is 0 Å². The number of hydrogen-bond donors (Lipinski definition) is 0. The molecule has 0 N–H and O–H groups in total. The van der Waals surface area contributed by atoms with Crippen LogP contribution in [-0.4, -0.2) is 43.0 Å². The molecule has 0 bridgehead atoms. The Hall–Kier alpha value is -0.120. The molecule has 2 heterocycles. The minimum atomic E-state index is 0.0547. The molecule has 0 aromatic carbocycles. The van der Waals surface area contributed by atoms with Gasteiger partial charge in [-0.05, 0) is 32.6 Å². The topological polar surface area (TPSA) is 21.7 Å². The molecule has 0 radical (unpaired) electrons. The van der Waals surface area contributed by atoms with Gasteiger partial charge in [0.15, 0.2) is 6.29 Å². The molecule has 2 fully saturated rings. The first-order valence-electron chi connectivity index (χ1n) is 6.80. The Morgan fingerprint density at radius 1 is 1.19 bits per heavy atom. The molecular weight excluding hydrogens is 202 g/mol. The third kappa shape index (κ3) is 2.96. The van der Waals surface area contributed by atoms with E-state index in [0.29, 0.717) is 0 Å². The molecule has 2 rings (SSSR count). The highest BCUT2D eigenvalue weighted by molar-refractivity contribution is 4.84. The summed E-state index contributed by atoms with van der Waals surface area (Å²) in [6.45, 7) is 7.51. The first kappa shape index (κ1) is 12.3. The lowest BCUT2D eigenvalue weighted by atomic mass is 10.1. The van der Waals surface area contributed by atoms with Gasteiger partial charge in [-0.3, -0.25) is 4.90 Å². The van der Waals surface area contributed by atoms with Crippen LogP contribution in [-0.2, 0) is 9.47 Å². The van der Waals surface area contributed by atoms with Gasteiger partial charge in [0.25, 0.3) is 0 Å². The quantitative estimate of drug-likeness (QED) is 0.736. The van der Waals surface area contributed by atoms with Gasteiger partial charge in [-0.25, -0.2) is 0 Å². The summed E-state index contributed by atoms with van der Waals surface area (Å²) in [5, 5.41) is 0. The Labute approximate surface area is 99.1 Å². The third-order valence-electron chi connectivity index (χ3n) is 3.94. The largest absolute Gasteiger partial charge is 0.353 e. The van der Waals surface area contributed by atoms with Crippen molar-refractivity contribution in [1.82, 2.24) is 4.90 Å². The van der Waals surface area contributed by atoms with E-state index in [1.807, 2.05) is 0 Å². The van der Waals surface area contributed by atoms with Crippen molar-refractivity contribution in [3.63, 3.8) is 0 Å². The molecule has 0 aromatic heterocycles. The van der Waals surface area contributed by atoms with Crippen molar-refractivity contribution in [2.75, 3.05) is 19.8 Å². The summed E-state index contributed by atoms with van der Waals surface area (Å²) in [4.78, 5) is 2.64. The minimum absolute atomic E-state index is 0.0547. The van der Waals surface area contributed by atoms with E-state index in [1.54, 1.807) is 0 Å². The van der Waals surface area contributed by atoms with Crippen molar-refractivity contribution >= 4 is 0 Å². The molecule has 2 aliphatic rings. The lowest BCUT2D eigenvalue weighted by Crippen LogP contribution is -2.38. The Bertz CT molecular complexity index is 204. The van der Waals surface area contributed by atoms with Gasteiger partial charge in [0, 0.05) is 25.0 Å². The van der Waals surface area contributed by atoms with Crippen LogP contribution in [0.25, 0.3) is 0 Å². The molecule has 2 unspecified atom stereocenters. The minimum Gasteiger partial charge on any atom is -0.353 e. The number of hydrogen-bond acceptors (Lipinski definition) is 3. The molecular formula is C13H25NO2. The van der Waals surface area contributed by atoms with Crippen LogP contribution in [0.15, 0.2) is 0 Å². The summed E-state index contributed by atoms with van der Waals surface area (Å²) in [7, 11) is 0. The van der Waals surface area contributed by atoms with Gasteiger partial charge < -0.3 is 9.47 Å². The normalized spacial score (nSPS) is 33.4. The van der Waals surface area contributed by atoms with Crippen LogP contribution in [0, 0.1) is 0 Å². The molecule has 0 aromatic rings. The SMILES string of the molecule is CCC1CCC(C)N1CCC1OCCCO1. The van der Waals surface area contributed by atoms with Gasteiger partial charge in [-0.2, -0.15) is 0 Å². The summed E-state index contributed by atoms with van der Waals surface area (Å²) in [6.07, 6.45) is 6.12. The maximum absolute atomic E-state index is 5.59. The zero-order chi connectivity index (χ0) is 11.4. The summed E-state index contributed by atoms with van der Waals surface area (Å²) >= 11 is 0. The Morgan fingerprint density at radius 2 is 1.94 bits per heavy atom. The molecule has 0 aliphatic carbocycles. The van der Waals surface area contributed by atoms with E-state index in [9.17, 15) is 0 Å². The summed E-state index contributed by atoms with van der Waals surface area (Å²) in [5.74, 6) is 0. The van der Waals surface area contributed by atoms with E-state index in [1.165, 1.54) is 19.3 Å². The molecule has 16 heavy (non-hydrogen) atoms. The third-order valence-corrected chi connectivity index (χ3v) is 3.94. The molecule has 3 nitrogen and oxygen atoms in total. The Kier molecular flexibility index (Phi) is 4.62. The fourth-order valence-corrected chi connectivity index (χ4v) is 2.92. The summed E-state index contributed by atoms with van der Waals surface area (Å²) in [5.41, 5.74) is 0. The number of ether oxygens (including phenoxy) is 2. The highest BCUT2D eigenvalue weighted by Gasteiger charge is 2.29. The van der Waals surface area contributed by atoms with E-state index in [-0.39, 0.29) is 6.29 Å².